The fraction of sp³-hybridized carbons (Fsp3) is 0.400. The summed E-state index contributed by atoms with van der Waals surface area (Å²) in [7, 11) is 0. The van der Waals surface area contributed by atoms with Gasteiger partial charge in [0.2, 0.25) is 0 Å². The maximum atomic E-state index is 12.7. The van der Waals surface area contributed by atoms with Crippen LogP contribution < -0.4 is 0 Å². The minimum atomic E-state index is -0.513. The van der Waals surface area contributed by atoms with Crippen LogP contribution in [0, 0.1) is 11.6 Å². The monoisotopic (exact) mass is 204 g/mol. The standard InChI is InChI=1S/C10H11ClF2/c11-4-2-1-3-8-5-9(12)7-10(13)6-8/h5-7H,1-4H2. The molecule has 13 heavy (non-hydrogen) atoms. The van der Waals surface area contributed by atoms with Crippen molar-refractivity contribution < 1.29 is 8.78 Å². The molecule has 0 bridgehead atoms. The maximum absolute atomic E-state index is 12.7. The number of aryl methyl sites for hydroxylation is 1. The molecule has 0 spiro atoms. The first kappa shape index (κ1) is 10.5. The molecule has 0 unspecified atom stereocenters. The van der Waals surface area contributed by atoms with Crippen molar-refractivity contribution in [3.63, 3.8) is 0 Å². The van der Waals surface area contributed by atoms with Crippen LogP contribution in [0.25, 0.3) is 0 Å². The molecule has 0 aliphatic heterocycles. The molecule has 0 fully saturated rings. The Labute approximate surface area is 81.5 Å². The van der Waals surface area contributed by atoms with Crippen LogP contribution >= 0.6 is 11.6 Å². The molecule has 3 heteroatoms. The van der Waals surface area contributed by atoms with Crippen LogP contribution in [-0.4, -0.2) is 5.88 Å². The quantitative estimate of drug-likeness (QED) is 0.520. The van der Waals surface area contributed by atoms with Crippen LogP contribution in [0.4, 0.5) is 8.78 Å². The summed E-state index contributed by atoms with van der Waals surface area (Å²) in [5, 5.41) is 0. The van der Waals surface area contributed by atoms with Crippen LogP contribution in [-0.2, 0) is 6.42 Å². The van der Waals surface area contributed by atoms with Crippen molar-refractivity contribution in [2.45, 2.75) is 19.3 Å². The molecule has 0 aromatic heterocycles. The van der Waals surface area contributed by atoms with Gasteiger partial charge in [0.05, 0.1) is 0 Å². The van der Waals surface area contributed by atoms with Gasteiger partial charge in [-0.3, -0.25) is 0 Å². The Balaban J connectivity index is 2.56. The minimum absolute atomic E-state index is 0.513. The molecule has 72 valence electrons. The smallest absolute Gasteiger partial charge is 0.126 e. The van der Waals surface area contributed by atoms with Gasteiger partial charge in [-0.25, -0.2) is 8.78 Å². The van der Waals surface area contributed by atoms with E-state index in [0.29, 0.717) is 17.9 Å². The minimum Gasteiger partial charge on any atom is -0.207 e. The molecule has 1 aromatic rings. The van der Waals surface area contributed by atoms with E-state index in [0.717, 1.165) is 18.9 Å². The first-order valence-electron chi connectivity index (χ1n) is 4.23. The fourth-order valence-corrected chi connectivity index (χ4v) is 1.37. The number of rotatable bonds is 4. The molecule has 0 radical (unpaired) electrons. The lowest BCUT2D eigenvalue weighted by Gasteiger charge is -2.00. The van der Waals surface area contributed by atoms with Crippen molar-refractivity contribution >= 4 is 11.6 Å². The number of hydrogen-bond acceptors (Lipinski definition) is 0. The molecule has 0 nitrogen and oxygen atoms in total. The third-order valence-corrected chi connectivity index (χ3v) is 2.04. The van der Waals surface area contributed by atoms with Gasteiger partial charge in [0, 0.05) is 11.9 Å². The number of alkyl halides is 1. The number of hydrogen-bond donors (Lipinski definition) is 0. The van der Waals surface area contributed by atoms with Gasteiger partial charge in [-0.2, -0.15) is 0 Å². The van der Waals surface area contributed by atoms with Gasteiger partial charge >= 0.3 is 0 Å². The number of benzene rings is 1. The lowest BCUT2D eigenvalue weighted by atomic mass is 10.1. The molecule has 0 saturated carbocycles. The van der Waals surface area contributed by atoms with E-state index in [1.54, 1.807) is 0 Å². The van der Waals surface area contributed by atoms with E-state index in [-0.39, 0.29) is 0 Å². The molecule has 1 aromatic carbocycles. The van der Waals surface area contributed by atoms with E-state index < -0.39 is 11.6 Å². The number of halogens is 3. The van der Waals surface area contributed by atoms with E-state index in [1.165, 1.54) is 12.1 Å². The maximum Gasteiger partial charge on any atom is 0.126 e. The van der Waals surface area contributed by atoms with Crippen molar-refractivity contribution in [2.24, 2.45) is 0 Å². The van der Waals surface area contributed by atoms with Gasteiger partial charge in [-0.1, -0.05) is 0 Å². The van der Waals surface area contributed by atoms with Crippen LogP contribution in [0.1, 0.15) is 18.4 Å². The molecule has 0 aliphatic rings. The van der Waals surface area contributed by atoms with Crippen LogP contribution in [0.15, 0.2) is 18.2 Å². The van der Waals surface area contributed by atoms with Crippen LogP contribution in [0.2, 0.25) is 0 Å². The third kappa shape index (κ3) is 3.73. The van der Waals surface area contributed by atoms with Crippen molar-refractivity contribution in [3.8, 4) is 0 Å². The highest BCUT2D eigenvalue weighted by atomic mass is 35.5. The van der Waals surface area contributed by atoms with Crippen molar-refractivity contribution in [1.29, 1.82) is 0 Å². The van der Waals surface area contributed by atoms with E-state index in [2.05, 4.69) is 0 Å². The van der Waals surface area contributed by atoms with Crippen molar-refractivity contribution in [3.05, 3.63) is 35.4 Å². The average molecular weight is 205 g/mol. The lowest BCUT2D eigenvalue weighted by Crippen LogP contribution is -1.89. The fourth-order valence-electron chi connectivity index (χ4n) is 1.18. The SMILES string of the molecule is Fc1cc(F)cc(CCCCCl)c1. The van der Waals surface area contributed by atoms with Crippen LogP contribution in [0.5, 0.6) is 0 Å². The molecule has 0 heterocycles. The first-order valence-corrected chi connectivity index (χ1v) is 4.77. The second kappa shape index (κ2) is 5.18. The zero-order valence-electron chi connectivity index (χ0n) is 7.19. The summed E-state index contributed by atoms with van der Waals surface area (Å²) in [5.41, 5.74) is 0.697. The molecule has 0 aliphatic carbocycles. The lowest BCUT2D eigenvalue weighted by molar-refractivity contribution is 0.578. The van der Waals surface area contributed by atoms with Gasteiger partial charge < -0.3 is 0 Å². The predicted molar refractivity (Wildman–Crippen MR) is 50.0 cm³/mol. The Morgan fingerprint density at radius 1 is 1.00 bits per heavy atom. The van der Waals surface area contributed by atoms with Gasteiger partial charge in [0.15, 0.2) is 0 Å². The Hall–Kier alpha value is -0.630. The Bertz CT molecular complexity index is 253. The topological polar surface area (TPSA) is 0 Å². The third-order valence-electron chi connectivity index (χ3n) is 1.77. The Morgan fingerprint density at radius 3 is 2.15 bits per heavy atom. The molecule has 0 amide bonds. The molecule has 1 rings (SSSR count). The first-order chi connectivity index (χ1) is 6.22. The summed E-state index contributed by atoms with van der Waals surface area (Å²) in [6.45, 7) is 0. The van der Waals surface area contributed by atoms with Gasteiger partial charge in [0.25, 0.3) is 0 Å². The van der Waals surface area contributed by atoms with E-state index >= 15 is 0 Å². The summed E-state index contributed by atoms with van der Waals surface area (Å²) in [6, 6.07) is 3.60. The predicted octanol–water partition coefficient (Wildman–Crippen LogP) is 3.53. The highest BCUT2D eigenvalue weighted by Gasteiger charge is 1.99. The van der Waals surface area contributed by atoms with Crippen LogP contribution in [0.3, 0.4) is 0 Å². The molecule has 0 N–H and O–H groups in total. The van der Waals surface area contributed by atoms with Gasteiger partial charge in [-0.05, 0) is 37.0 Å². The Morgan fingerprint density at radius 2 is 1.62 bits per heavy atom. The van der Waals surface area contributed by atoms with Gasteiger partial charge in [0.1, 0.15) is 11.6 Å². The zero-order valence-corrected chi connectivity index (χ0v) is 7.95. The average Bonchev–Trinajstić information content (AvgIpc) is 2.03. The summed E-state index contributed by atoms with van der Waals surface area (Å²) in [4.78, 5) is 0. The second-order valence-corrected chi connectivity index (χ2v) is 3.30. The van der Waals surface area contributed by atoms with E-state index in [4.69, 9.17) is 11.6 Å². The Kier molecular flexibility index (Phi) is 4.16. The van der Waals surface area contributed by atoms with E-state index in [9.17, 15) is 8.78 Å². The second-order valence-electron chi connectivity index (χ2n) is 2.92. The summed E-state index contributed by atoms with van der Waals surface area (Å²) < 4.78 is 25.3. The summed E-state index contributed by atoms with van der Waals surface area (Å²) in [5.74, 6) is -0.431. The number of unbranched alkanes of at least 4 members (excludes halogenated alkanes) is 1. The molecule has 0 atom stereocenters. The highest BCUT2D eigenvalue weighted by molar-refractivity contribution is 6.17. The van der Waals surface area contributed by atoms with Gasteiger partial charge in [-0.15, -0.1) is 11.6 Å². The summed E-state index contributed by atoms with van der Waals surface area (Å²) >= 11 is 5.48. The molecule has 0 saturated heterocycles. The molecular formula is C10H11ClF2. The van der Waals surface area contributed by atoms with Crippen molar-refractivity contribution in [2.75, 3.05) is 5.88 Å². The zero-order chi connectivity index (χ0) is 9.68. The molecular weight excluding hydrogens is 194 g/mol. The largest absolute Gasteiger partial charge is 0.207 e. The normalized spacial score (nSPS) is 10.4. The van der Waals surface area contributed by atoms with Crippen molar-refractivity contribution in [1.82, 2.24) is 0 Å². The van der Waals surface area contributed by atoms with E-state index in [1.807, 2.05) is 0 Å². The highest BCUT2D eigenvalue weighted by Crippen LogP contribution is 2.10. The summed E-state index contributed by atoms with van der Waals surface area (Å²) in [6.07, 6.45) is 2.42.